The summed E-state index contributed by atoms with van der Waals surface area (Å²) in [5, 5.41) is 6.37. The number of fused-ring (bicyclic) bond motifs is 3. The van der Waals surface area contributed by atoms with E-state index in [0.717, 1.165) is 42.7 Å². The van der Waals surface area contributed by atoms with Crippen LogP contribution in [-0.4, -0.2) is 41.6 Å². The summed E-state index contributed by atoms with van der Waals surface area (Å²) in [6.45, 7) is 8.72. The van der Waals surface area contributed by atoms with Gasteiger partial charge < -0.3 is 15.5 Å². The van der Waals surface area contributed by atoms with Crippen molar-refractivity contribution in [2.75, 3.05) is 29.9 Å². The molecular weight excluding hydrogens is 254 g/mol. The van der Waals surface area contributed by atoms with Crippen molar-refractivity contribution in [1.29, 1.82) is 0 Å². The Balaban J connectivity index is 2.15. The predicted octanol–water partition coefficient (Wildman–Crippen LogP) is 1.03. The lowest BCUT2D eigenvalue weighted by atomic mass is 10.1. The first-order chi connectivity index (χ1) is 9.56. The largest absolute Gasteiger partial charge is 0.349 e. The second-order valence-corrected chi connectivity index (χ2v) is 5.81. The number of nitrogens with zero attached hydrogens (tertiary/aromatic N) is 3. The molecule has 0 spiro atoms. The van der Waals surface area contributed by atoms with Crippen LogP contribution in [0.1, 0.15) is 37.7 Å². The summed E-state index contributed by atoms with van der Waals surface area (Å²) in [4.78, 5) is 23.5. The van der Waals surface area contributed by atoms with Gasteiger partial charge in [-0.15, -0.1) is 0 Å². The number of rotatable bonds is 1. The van der Waals surface area contributed by atoms with Crippen LogP contribution in [0.15, 0.2) is 0 Å². The maximum atomic E-state index is 12.1. The van der Waals surface area contributed by atoms with Gasteiger partial charge in [-0.3, -0.25) is 4.79 Å². The first-order valence-corrected chi connectivity index (χ1v) is 7.22. The highest BCUT2D eigenvalue weighted by atomic mass is 16.1. The van der Waals surface area contributed by atoms with Crippen molar-refractivity contribution >= 4 is 17.4 Å². The van der Waals surface area contributed by atoms with Crippen LogP contribution < -0.4 is 15.5 Å². The van der Waals surface area contributed by atoms with Gasteiger partial charge in [-0.05, 0) is 12.8 Å². The van der Waals surface area contributed by atoms with Crippen molar-refractivity contribution in [2.24, 2.45) is 0 Å². The lowest BCUT2D eigenvalue weighted by Gasteiger charge is -2.36. The zero-order chi connectivity index (χ0) is 14.3. The van der Waals surface area contributed by atoms with Crippen LogP contribution in [0.2, 0.25) is 0 Å². The standard InChI is InChI=1S/C14H21N5O/c1-8(2)12-13-14(17-9(3)16-12)19-5-4-15-7-10(19)6-11(20)18-13/h8,10,15H,4-7H2,1-3H3,(H,18,20). The highest BCUT2D eigenvalue weighted by Gasteiger charge is 2.33. The molecule has 108 valence electrons. The second kappa shape index (κ2) is 5.01. The zero-order valence-electron chi connectivity index (χ0n) is 12.2. The van der Waals surface area contributed by atoms with Gasteiger partial charge in [0, 0.05) is 26.1 Å². The van der Waals surface area contributed by atoms with Crippen LogP contribution in [0.4, 0.5) is 11.5 Å². The average Bonchev–Trinajstić information content (AvgIpc) is 2.54. The van der Waals surface area contributed by atoms with E-state index in [1.54, 1.807) is 0 Å². The van der Waals surface area contributed by atoms with E-state index < -0.39 is 0 Å². The van der Waals surface area contributed by atoms with Crippen LogP contribution in [0.25, 0.3) is 0 Å². The summed E-state index contributed by atoms with van der Waals surface area (Å²) < 4.78 is 0. The van der Waals surface area contributed by atoms with Gasteiger partial charge in [0.15, 0.2) is 5.82 Å². The lowest BCUT2D eigenvalue weighted by molar-refractivity contribution is -0.116. The van der Waals surface area contributed by atoms with Crippen molar-refractivity contribution in [3.05, 3.63) is 11.5 Å². The number of aryl methyl sites for hydroxylation is 1. The fraction of sp³-hybridized carbons (Fsp3) is 0.643. The van der Waals surface area contributed by atoms with Crippen LogP contribution in [0.3, 0.4) is 0 Å². The van der Waals surface area contributed by atoms with E-state index in [9.17, 15) is 4.79 Å². The van der Waals surface area contributed by atoms with Crippen molar-refractivity contribution in [3.63, 3.8) is 0 Å². The number of hydrogen-bond acceptors (Lipinski definition) is 5. The van der Waals surface area contributed by atoms with Gasteiger partial charge >= 0.3 is 0 Å². The van der Waals surface area contributed by atoms with E-state index >= 15 is 0 Å². The summed E-state index contributed by atoms with van der Waals surface area (Å²) in [7, 11) is 0. The highest BCUT2D eigenvalue weighted by Crippen LogP contribution is 2.35. The normalized spacial score (nSPS) is 22.1. The molecule has 0 radical (unpaired) electrons. The van der Waals surface area contributed by atoms with Crippen LogP contribution in [0.5, 0.6) is 0 Å². The molecule has 0 aromatic carbocycles. The van der Waals surface area contributed by atoms with Gasteiger partial charge in [0.25, 0.3) is 0 Å². The van der Waals surface area contributed by atoms with Crippen molar-refractivity contribution < 1.29 is 4.79 Å². The van der Waals surface area contributed by atoms with Crippen molar-refractivity contribution in [1.82, 2.24) is 15.3 Å². The molecule has 2 N–H and O–H groups in total. The quantitative estimate of drug-likeness (QED) is 0.801. The number of nitrogens with one attached hydrogen (secondary N) is 2. The Bertz CT molecular complexity index is 543. The Morgan fingerprint density at radius 1 is 1.35 bits per heavy atom. The van der Waals surface area contributed by atoms with Gasteiger partial charge in [0.2, 0.25) is 5.91 Å². The zero-order valence-corrected chi connectivity index (χ0v) is 12.2. The number of aromatic nitrogens is 2. The lowest BCUT2D eigenvalue weighted by Crippen LogP contribution is -2.52. The summed E-state index contributed by atoms with van der Waals surface area (Å²) in [5.74, 6) is 1.96. The molecule has 6 heteroatoms. The predicted molar refractivity (Wildman–Crippen MR) is 78.1 cm³/mol. The molecule has 1 aromatic heterocycles. The Kier molecular flexibility index (Phi) is 3.33. The number of hydrogen-bond donors (Lipinski definition) is 2. The van der Waals surface area contributed by atoms with E-state index in [1.165, 1.54) is 0 Å². The number of carbonyl (C=O) groups excluding carboxylic acids is 1. The molecule has 20 heavy (non-hydrogen) atoms. The van der Waals surface area contributed by atoms with Gasteiger partial charge in [-0.2, -0.15) is 0 Å². The second-order valence-electron chi connectivity index (χ2n) is 5.81. The van der Waals surface area contributed by atoms with E-state index in [4.69, 9.17) is 0 Å². The molecule has 3 rings (SSSR count). The molecule has 1 unspecified atom stereocenters. The third-order valence-electron chi connectivity index (χ3n) is 3.88. The maximum Gasteiger partial charge on any atom is 0.226 e. The van der Waals surface area contributed by atoms with Gasteiger partial charge in [0.1, 0.15) is 11.5 Å². The number of piperazine rings is 1. The fourth-order valence-corrected chi connectivity index (χ4v) is 2.95. The first kappa shape index (κ1) is 13.3. The molecule has 1 aromatic rings. The van der Waals surface area contributed by atoms with Gasteiger partial charge in [-0.1, -0.05) is 13.8 Å². The molecule has 6 nitrogen and oxygen atoms in total. The molecule has 2 aliphatic rings. The van der Waals surface area contributed by atoms with Crippen LogP contribution in [0, 0.1) is 6.92 Å². The fourth-order valence-electron chi connectivity index (χ4n) is 2.95. The van der Waals surface area contributed by atoms with E-state index in [2.05, 4.69) is 39.3 Å². The topological polar surface area (TPSA) is 70.2 Å². The molecular formula is C14H21N5O. The molecule has 0 saturated carbocycles. The third kappa shape index (κ3) is 2.24. The minimum Gasteiger partial charge on any atom is -0.349 e. The number of anilines is 2. The van der Waals surface area contributed by atoms with E-state index in [-0.39, 0.29) is 17.9 Å². The Morgan fingerprint density at radius 2 is 2.15 bits per heavy atom. The van der Waals surface area contributed by atoms with Gasteiger partial charge in [-0.25, -0.2) is 9.97 Å². The molecule has 1 fully saturated rings. The number of carbonyl (C=O) groups is 1. The first-order valence-electron chi connectivity index (χ1n) is 7.22. The van der Waals surface area contributed by atoms with Gasteiger partial charge in [0.05, 0.1) is 11.7 Å². The average molecular weight is 275 g/mol. The summed E-state index contributed by atoms with van der Waals surface area (Å²) in [5.41, 5.74) is 1.74. The summed E-state index contributed by atoms with van der Waals surface area (Å²) in [6, 6.07) is 0.180. The minimum atomic E-state index is 0.0526. The molecule has 3 heterocycles. The molecule has 1 atom stereocenters. The number of amides is 1. The molecule has 0 aliphatic carbocycles. The van der Waals surface area contributed by atoms with Crippen molar-refractivity contribution in [2.45, 2.75) is 39.2 Å². The highest BCUT2D eigenvalue weighted by molar-refractivity contribution is 5.96. The SMILES string of the molecule is Cc1nc(C(C)C)c2c(n1)N1CCNCC1CC(=O)N2. The Morgan fingerprint density at radius 3 is 2.90 bits per heavy atom. The van der Waals surface area contributed by atoms with E-state index in [0.29, 0.717) is 6.42 Å². The molecule has 2 aliphatic heterocycles. The minimum absolute atomic E-state index is 0.0526. The van der Waals surface area contributed by atoms with Crippen LogP contribution >= 0.6 is 0 Å². The summed E-state index contributed by atoms with van der Waals surface area (Å²) >= 11 is 0. The molecule has 1 amide bonds. The third-order valence-corrected chi connectivity index (χ3v) is 3.88. The van der Waals surface area contributed by atoms with E-state index in [1.807, 2.05) is 6.92 Å². The monoisotopic (exact) mass is 275 g/mol. The smallest absolute Gasteiger partial charge is 0.226 e. The van der Waals surface area contributed by atoms with Crippen LogP contribution in [-0.2, 0) is 4.79 Å². The Labute approximate surface area is 119 Å². The van der Waals surface area contributed by atoms with Crippen molar-refractivity contribution in [3.8, 4) is 0 Å². The molecule has 0 bridgehead atoms. The molecule has 1 saturated heterocycles. The summed E-state index contributed by atoms with van der Waals surface area (Å²) in [6.07, 6.45) is 0.500. The Hall–Kier alpha value is -1.69. The maximum absolute atomic E-state index is 12.1.